The Kier molecular flexibility index (Phi) is 5.08. The topological polar surface area (TPSA) is 70.5 Å². The van der Waals surface area contributed by atoms with Crippen LogP contribution >= 0.6 is 0 Å². The zero-order valence-electron chi connectivity index (χ0n) is 15.1. The molecule has 0 bridgehead atoms. The second-order valence-corrected chi connectivity index (χ2v) is 8.27. The van der Waals surface area contributed by atoms with Gasteiger partial charge in [-0.05, 0) is 12.1 Å². The fraction of sp³-hybridized carbons (Fsp3) is 0.778. The van der Waals surface area contributed by atoms with Gasteiger partial charge in [0.05, 0.1) is 11.3 Å². The highest BCUT2D eigenvalue weighted by molar-refractivity contribution is 5.41. The molecule has 2 aliphatic heterocycles. The molecule has 0 saturated carbocycles. The van der Waals surface area contributed by atoms with Gasteiger partial charge in [-0.15, -0.1) is 5.10 Å². The van der Waals surface area contributed by atoms with Crippen molar-refractivity contribution in [3.8, 4) is 0 Å². The van der Waals surface area contributed by atoms with Crippen LogP contribution in [0.2, 0.25) is 0 Å². The van der Waals surface area contributed by atoms with E-state index in [-0.39, 0.29) is 5.41 Å². The van der Waals surface area contributed by atoms with E-state index in [1.807, 2.05) is 0 Å². The number of nitrogens with zero attached hydrogens (tertiary/aromatic N) is 3. The summed E-state index contributed by atoms with van der Waals surface area (Å²) in [7, 11) is 0. The molecule has 2 aliphatic rings. The van der Waals surface area contributed by atoms with Crippen molar-refractivity contribution < 1.29 is 9.84 Å². The number of anilines is 1. The Balaban J connectivity index is 1.39. The van der Waals surface area contributed by atoms with Crippen LogP contribution in [0.3, 0.4) is 0 Å². The largest absolute Gasteiger partial charge is 0.388 e. The number of hydrogen-bond donors (Lipinski definition) is 2. The van der Waals surface area contributed by atoms with Crippen molar-refractivity contribution in [3.05, 3.63) is 17.8 Å². The quantitative estimate of drug-likeness (QED) is 0.847. The van der Waals surface area contributed by atoms with E-state index in [4.69, 9.17) is 4.74 Å². The predicted molar refractivity (Wildman–Crippen MR) is 94.3 cm³/mol. The lowest BCUT2D eigenvalue weighted by molar-refractivity contribution is -0.0619. The van der Waals surface area contributed by atoms with E-state index in [0.29, 0.717) is 25.7 Å². The van der Waals surface area contributed by atoms with Crippen LogP contribution in [0.25, 0.3) is 0 Å². The molecule has 0 spiro atoms. The third-order valence-corrected chi connectivity index (χ3v) is 5.01. The van der Waals surface area contributed by atoms with E-state index in [0.717, 1.165) is 44.0 Å². The molecule has 0 radical (unpaired) electrons. The molecule has 0 unspecified atom stereocenters. The molecule has 134 valence electrons. The van der Waals surface area contributed by atoms with Crippen LogP contribution in [-0.2, 0) is 10.2 Å². The number of rotatable bonds is 5. The minimum atomic E-state index is -0.587. The molecule has 2 saturated heterocycles. The number of aromatic nitrogens is 2. The maximum absolute atomic E-state index is 10.4. The molecule has 6 nitrogen and oxygen atoms in total. The lowest BCUT2D eigenvalue weighted by atomic mass is 9.92. The van der Waals surface area contributed by atoms with Crippen LogP contribution in [0, 0.1) is 5.92 Å². The number of aliphatic hydroxyl groups is 1. The Morgan fingerprint density at radius 1 is 1.25 bits per heavy atom. The molecular weight excluding hydrogens is 304 g/mol. The molecule has 2 N–H and O–H groups in total. The van der Waals surface area contributed by atoms with Gasteiger partial charge in [0.15, 0.2) is 5.82 Å². The summed E-state index contributed by atoms with van der Waals surface area (Å²) in [6, 6.07) is 4.15. The molecular formula is C18H30N4O2. The highest BCUT2D eigenvalue weighted by Gasteiger charge is 2.32. The Labute approximate surface area is 144 Å². The minimum absolute atomic E-state index is 0.0390. The lowest BCUT2D eigenvalue weighted by Crippen LogP contribution is -2.53. The highest BCUT2D eigenvalue weighted by atomic mass is 16.5. The first kappa shape index (κ1) is 17.6. The van der Waals surface area contributed by atoms with Crippen molar-refractivity contribution in [1.82, 2.24) is 15.5 Å². The van der Waals surface area contributed by atoms with Gasteiger partial charge in [-0.1, -0.05) is 20.8 Å². The van der Waals surface area contributed by atoms with E-state index >= 15 is 0 Å². The summed E-state index contributed by atoms with van der Waals surface area (Å²) >= 11 is 0. The third kappa shape index (κ3) is 4.23. The number of ether oxygens (including phenoxy) is 1. The summed E-state index contributed by atoms with van der Waals surface area (Å²) in [5.41, 5.74) is 0.475. The standard InChI is InChI=1S/C18H30N4O2/c1-17(2,3)15-4-5-16(21-20-15)22-11-14(12-22)10-19-13-18(23)6-8-24-9-7-18/h4-5,14,19,23H,6-13H2,1-3H3. The fourth-order valence-corrected chi connectivity index (χ4v) is 3.22. The normalized spacial score (nSPS) is 21.6. The first-order chi connectivity index (χ1) is 11.4. The Morgan fingerprint density at radius 3 is 2.54 bits per heavy atom. The summed E-state index contributed by atoms with van der Waals surface area (Å²) in [4.78, 5) is 2.26. The smallest absolute Gasteiger partial charge is 0.151 e. The van der Waals surface area contributed by atoms with Gasteiger partial charge in [0.1, 0.15) is 0 Å². The van der Waals surface area contributed by atoms with Gasteiger partial charge in [0.25, 0.3) is 0 Å². The average molecular weight is 334 g/mol. The average Bonchev–Trinajstić information content (AvgIpc) is 2.49. The van der Waals surface area contributed by atoms with Gasteiger partial charge in [-0.2, -0.15) is 5.10 Å². The fourth-order valence-electron chi connectivity index (χ4n) is 3.22. The first-order valence-electron chi connectivity index (χ1n) is 8.96. The molecule has 0 atom stereocenters. The molecule has 3 rings (SSSR count). The summed E-state index contributed by atoms with van der Waals surface area (Å²) in [5, 5.41) is 22.6. The van der Waals surface area contributed by atoms with E-state index in [1.165, 1.54) is 0 Å². The third-order valence-electron chi connectivity index (χ3n) is 5.01. The molecule has 0 aromatic carbocycles. The van der Waals surface area contributed by atoms with Crippen molar-refractivity contribution in [1.29, 1.82) is 0 Å². The lowest BCUT2D eigenvalue weighted by Gasteiger charge is -2.41. The zero-order valence-corrected chi connectivity index (χ0v) is 15.1. The maximum atomic E-state index is 10.4. The van der Waals surface area contributed by atoms with Crippen molar-refractivity contribution in [2.24, 2.45) is 5.92 Å². The van der Waals surface area contributed by atoms with E-state index in [2.05, 4.69) is 53.3 Å². The van der Waals surface area contributed by atoms with Crippen molar-refractivity contribution in [3.63, 3.8) is 0 Å². The summed E-state index contributed by atoms with van der Waals surface area (Å²) in [5.74, 6) is 1.57. The highest BCUT2D eigenvalue weighted by Crippen LogP contribution is 2.25. The van der Waals surface area contributed by atoms with Gasteiger partial charge < -0.3 is 20.1 Å². The summed E-state index contributed by atoms with van der Waals surface area (Å²) < 4.78 is 5.31. The van der Waals surface area contributed by atoms with Crippen LogP contribution in [0.15, 0.2) is 12.1 Å². The molecule has 3 heterocycles. The van der Waals surface area contributed by atoms with Crippen molar-refractivity contribution in [2.45, 2.75) is 44.6 Å². The van der Waals surface area contributed by atoms with Gasteiger partial charge in [-0.25, -0.2) is 0 Å². The van der Waals surface area contributed by atoms with Crippen LogP contribution < -0.4 is 10.2 Å². The first-order valence-corrected chi connectivity index (χ1v) is 8.96. The molecule has 6 heteroatoms. The van der Waals surface area contributed by atoms with Crippen LogP contribution in [0.4, 0.5) is 5.82 Å². The summed E-state index contributed by atoms with van der Waals surface area (Å²) in [6.07, 6.45) is 1.46. The second kappa shape index (κ2) is 6.94. The Hall–Kier alpha value is -1.24. The molecule has 1 aromatic rings. The van der Waals surface area contributed by atoms with Crippen LogP contribution in [0.5, 0.6) is 0 Å². The second-order valence-electron chi connectivity index (χ2n) is 8.27. The van der Waals surface area contributed by atoms with Gasteiger partial charge in [0.2, 0.25) is 0 Å². The van der Waals surface area contributed by atoms with Gasteiger partial charge >= 0.3 is 0 Å². The number of nitrogens with one attached hydrogen (secondary N) is 1. The van der Waals surface area contributed by atoms with Crippen LogP contribution in [-0.4, -0.2) is 60.3 Å². The van der Waals surface area contributed by atoms with Gasteiger partial charge in [0, 0.05) is 63.6 Å². The Bertz CT molecular complexity index is 529. The molecule has 1 aromatic heterocycles. The monoisotopic (exact) mass is 334 g/mol. The molecule has 2 fully saturated rings. The van der Waals surface area contributed by atoms with Gasteiger partial charge in [-0.3, -0.25) is 0 Å². The van der Waals surface area contributed by atoms with E-state index < -0.39 is 5.60 Å². The molecule has 0 aliphatic carbocycles. The predicted octanol–water partition coefficient (Wildman–Crippen LogP) is 1.34. The Morgan fingerprint density at radius 2 is 1.96 bits per heavy atom. The van der Waals surface area contributed by atoms with E-state index in [9.17, 15) is 5.11 Å². The summed E-state index contributed by atoms with van der Waals surface area (Å²) in [6.45, 7) is 11.4. The maximum Gasteiger partial charge on any atom is 0.151 e. The van der Waals surface area contributed by atoms with Crippen molar-refractivity contribution in [2.75, 3.05) is 44.3 Å². The van der Waals surface area contributed by atoms with Crippen LogP contribution in [0.1, 0.15) is 39.3 Å². The molecule has 0 amide bonds. The van der Waals surface area contributed by atoms with E-state index in [1.54, 1.807) is 0 Å². The van der Waals surface area contributed by atoms with Crippen molar-refractivity contribution >= 4 is 5.82 Å². The minimum Gasteiger partial charge on any atom is -0.388 e. The zero-order chi connectivity index (χ0) is 17.2. The number of hydrogen-bond acceptors (Lipinski definition) is 6. The SMILES string of the molecule is CC(C)(C)c1ccc(N2CC(CNCC3(O)CCOCC3)C2)nn1. The molecule has 24 heavy (non-hydrogen) atoms.